The third-order valence-electron chi connectivity index (χ3n) is 2.98. The summed E-state index contributed by atoms with van der Waals surface area (Å²) in [7, 11) is -9.59. The summed E-state index contributed by atoms with van der Waals surface area (Å²) >= 11 is 4.16. The Kier molecular flexibility index (Phi) is 13.4. The molecule has 0 aliphatic heterocycles. The van der Waals surface area contributed by atoms with Crippen LogP contribution in [0.2, 0.25) is 0 Å². The van der Waals surface area contributed by atoms with Gasteiger partial charge in [-0.15, -0.1) is 0 Å². The van der Waals surface area contributed by atoms with Gasteiger partial charge in [-0.25, -0.2) is 4.18 Å². The maximum absolute atomic E-state index is 11.0. The fourth-order valence-electron chi connectivity index (χ4n) is 1.88. The summed E-state index contributed by atoms with van der Waals surface area (Å²) < 4.78 is 61.6. The van der Waals surface area contributed by atoms with Crippen LogP contribution in [0.4, 0.5) is 0 Å². The van der Waals surface area contributed by atoms with Gasteiger partial charge in [0.25, 0.3) is 0 Å². The summed E-state index contributed by atoms with van der Waals surface area (Å²) in [5.41, 5.74) is 0. The minimum atomic E-state index is -5.00. The highest BCUT2D eigenvalue weighted by Gasteiger charge is 2.18. The molecule has 0 aliphatic carbocycles. The zero-order valence-electron chi connectivity index (χ0n) is 13.1. The minimum Gasteiger partial charge on any atom is -0.262 e. The van der Waals surface area contributed by atoms with Gasteiger partial charge >= 0.3 is 20.8 Å². The molecule has 23 heavy (non-hydrogen) atoms. The van der Waals surface area contributed by atoms with Gasteiger partial charge < -0.3 is 0 Å². The molecule has 8 nitrogen and oxygen atoms in total. The maximum atomic E-state index is 11.0. The van der Waals surface area contributed by atoms with E-state index >= 15 is 0 Å². The van der Waals surface area contributed by atoms with Crippen LogP contribution in [-0.4, -0.2) is 33.7 Å². The quantitative estimate of drug-likeness (QED) is 0.135. The lowest BCUT2D eigenvalue weighted by Crippen LogP contribution is -2.14. The Morgan fingerprint density at radius 2 is 1.13 bits per heavy atom. The monoisotopic (exact) mass is 394 g/mol. The van der Waals surface area contributed by atoms with Crippen molar-refractivity contribution in [3.63, 3.8) is 0 Å². The van der Waals surface area contributed by atoms with Gasteiger partial charge in [-0.3, -0.25) is 4.55 Å². The first-order valence-electron chi connectivity index (χ1n) is 7.62. The van der Waals surface area contributed by atoms with Gasteiger partial charge in [0.1, 0.15) is 0 Å². The topological polar surface area (TPSA) is 116 Å². The highest BCUT2D eigenvalue weighted by atomic mass is 32.3. The van der Waals surface area contributed by atoms with Gasteiger partial charge in [-0.05, 0) is 18.6 Å². The molecule has 0 spiro atoms. The largest absolute Gasteiger partial charge is 0.427 e. The lowest BCUT2D eigenvalue weighted by atomic mass is 10.1. The Labute approximate surface area is 144 Å². The highest BCUT2D eigenvalue weighted by Crippen LogP contribution is 2.11. The van der Waals surface area contributed by atoms with E-state index in [1.165, 1.54) is 32.1 Å². The minimum absolute atomic E-state index is 0.138. The van der Waals surface area contributed by atoms with Gasteiger partial charge in [-0.2, -0.15) is 29.5 Å². The standard InChI is InChI=1S/C12H26O8S3/c13-22(14,15)19-20-23(16,17)18-11-9-7-5-3-1-2-4-6-8-10-12-21/h21H,1-12H2,(H,13,14,15). The normalized spacial score (nSPS) is 12.6. The van der Waals surface area contributed by atoms with Crippen molar-refractivity contribution >= 4 is 33.4 Å². The van der Waals surface area contributed by atoms with Crippen LogP contribution in [0.15, 0.2) is 0 Å². The summed E-state index contributed by atoms with van der Waals surface area (Å²) in [6.07, 6.45) is 10.6. The first-order valence-corrected chi connectivity index (χ1v) is 11.0. The summed E-state index contributed by atoms with van der Waals surface area (Å²) in [4.78, 5) is 0. The van der Waals surface area contributed by atoms with Crippen LogP contribution in [0.1, 0.15) is 64.2 Å². The second-order valence-corrected chi connectivity index (χ2v) is 7.68. The second kappa shape index (κ2) is 13.4. The lowest BCUT2D eigenvalue weighted by Gasteiger charge is -2.04. The van der Waals surface area contributed by atoms with Crippen LogP contribution in [0.25, 0.3) is 0 Å². The van der Waals surface area contributed by atoms with Crippen LogP contribution in [0.3, 0.4) is 0 Å². The predicted molar refractivity (Wildman–Crippen MR) is 88.6 cm³/mol. The van der Waals surface area contributed by atoms with E-state index in [-0.39, 0.29) is 6.61 Å². The molecule has 0 aromatic rings. The van der Waals surface area contributed by atoms with Crippen molar-refractivity contribution in [2.24, 2.45) is 0 Å². The molecular formula is C12H26O8S3. The van der Waals surface area contributed by atoms with Crippen molar-refractivity contribution < 1.29 is 34.2 Å². The number of thiol groups is 1. The number of unbranched alkanes of at least 4 members (excludes halogenated alkanes) is 9. The van der Waals surface area contributed by atoms with Crippen molar-refractivity contribution in [1.29, 1.82) is 0 Å². The number of hydrogen-bond acceptors (Lipinski definition) is 8. The Bertz CT molecular complexity index is 475. The third-order valence-corrected chi connectivity index (χ3v) is 4.31. The van der Waals surface area contributed by atoms with Crippen molar-refractivity contribution in [1.82, 2.24) is 0 Å². The molecule has 0 unspecified atom stereocenters. The summed E-state index contributed by atoms with van der Waals surface area (Å²) in [5, 5.41) is 0. The van der Waals surface area contributed by atoms with Crippen LogP contribution in [0, 0.1) is 0 Å². The molecule has 0 aromatic heterocycles. The Hall–Kier alpha value is 0.0900. The van der Waals surface area contributed by atoms with Crippen LogP contribution >= 0.6 is 12.6 Å². The van der Waals surface area contributed by atoms with Gasteiger partial charge in [0.05, 0.1) is 6.61 Å². The molecule has 0 amide bonds. The molecule has 140 valence electrons. The van der Waals surface area contributed by atoms with E-state index in [9.17, 15) is 16.8 Å². The molecule has 0 radical (unpaired) electrons. The van der Waals surface area contributed by atoms with E-state index in [0.29, 0.717) is 6.42 Å². The second-order valence-electron chi connectivity index (χ2n) is 5.05. The van der Waals surface area contributed by atoms with Gasteiger partial charge in [0.2, 0.25) is 0 Å². The van der Waals surface area contributed by atoms with Gasteiger partial charge in [0.15, 0.2) is 0 Å². The van der Waals surface area contributed by atoms with Crippen LogP contribution in [0.5, 0.6) is 0 Å². The zero-order valence-corrected chi connectivity index (χ0v) is 15.6. The molecular weight excluding hydrogens is 368 g/mol. The fraction of sp³-hybridized carbons (Fsp3) is 1.00. The third kappa shape index (κ3) is 18.3. The lowest BCUT2D eigenvalue weighted by molar-refractivity contribution is -0.108. The Balaban J connectivity index is 3.42. The molecule has 0 rings (SSSR count). The molecule has 1 N–H and O–H groups in total. The van der Waals surface area contributed by atoms with E-state index in [0.717, 1.165) is 31.4 Å². The molecule has 0 atom stereocenters. The highest BCUT2D eigenvalue weighted by molar-refractivity contribution is 7.83. The molecule has 0 saturated carbocycles. The van der Waals surface area contributed by atoms with E-state index in [1.807, 2.05) is 0 Å². The maximum Gasteiger partial charge on any atom is 0.427 e. The predicted octanol–water partition coefficient (Wildman–Crippen LogP) is 2.83. The first kappa shape index (κ1) is 23.1. The molecule has 0 bridgehead atoms. The van der Waals surface area contributed by atoms with Gasteiger partial charge in [0, 0.05) is 0 Å². The van der Waals surface area contributed by atoms with E-state index < -0.39 is 20.8 Å². The Morgan fingerprint density at radius 3 is 1.57 bits per heavy atom. The smallest absolute Gasteiger partial charge is 0.262 e. The zero-order chi connectivity index (χ0) is 17.6. The van der Waals surface area contributed by atoms with Crippen molar-refractivity contribution in [3.8, 4) is 0 Å². The average Bonchev–Trinajstić information content (AvgIpc) is 2.46. The van der Waals surface area contributed by atoms with Crippen LogP contribution in [-0.2, 0) is 33.6 Å². The van der Waals surface area contributed by atoms with E-state index in [2.05, 4.69) is 25.5 Å². The van der Waals surface area contributed by atoms with Crippen molar-refractivity contribution in [3.05, 3.63) is 0 Å². The number of rotatable bonds is 16. The van der Waals surface area contributed by atoms with Gasteiger partial charge in [-0.1, -0.05) is 60.0 Å². The first-order chi connectivity index (χ1) is 10.8. The molecule has 0 aromatic carbocycles. The molecule has 0 saturated heterocycles. The fourth-order valence-corrected chi connectivity index (χ4v) is 3.02. The van der Waals surface area contributed by atoms with Crippen molar-refractivity contribution in [2.75, 3.05) is 12.4 Å². The molecule has 11 heteroatoms. The molecule has 0 aliphatic rings. The van der Waals surface area contributed by atoms with Crippen molar-refractivity contribution in [2.45, 2.75) is 64.2 Å². The average molecular weight is 395 g/mol. The Morgan fingerprint density at radius 1 is 0.696 bits per heavy atom. The van der Waals surface area contributed by atoms with E-state index in [1.54, 1.807) is 0 Å². The number of hydrogen-bond donors (Lipinski definition) is 2. The van der Waals surface area contributed by atoms with E-state index in [4.69, 9.17) is 4.55 Å². The summed E-state index contributed by atoms with van der Waals surface area (Å²) in [6, 6.07) is 0. The molecule has 0 fully saturated rings. The summed E-state index contributed by atoms with van der Waals surface area (Å²) in [6.45, 7) is -0.138. The summed E-state index contributed by atoms with van der Waals surface area (Å²) in [5.74, 6) is 0.949. The van der Waals surface area contributed by atoms with Crippen LogP contribution < -0.4 is 0 Å². The SMILES string of the molecule is O=S(=O)(O)OOS(=O)(=O)OCCCCCCCCCCCCS. The molecule has 0 heterocycles.